The van der Waals surface area contributed by atoms with Crippen LogP contribution in [0.2, 0.25) is 0 Å². The number of nitrogens with zero attached hydrogens (tertiary/aromatic N) is 1. The third-order valence-corrected chi connectivity index (χ3v) is 7.25. The van der Waals surface area contributed by atoms with Crippen LogP contribution in [-0.4, -0.2) is 36.0 Å². The van der Waals surface area contributed by atoms with Gasteiger partial charge in [0.05, 0.1) is 6.04 Å². The first-order valence-electron chi connectivity index (χ1n) is 11.3. The second-order valence-corrected chi connectivity index (χ2v) is 8.93. The van der Waals surface area contributed by atoms with Crippen LogP contribution in [0.4, 0.5) is 0 Å². The van der Waals surface area contributed by atoms with E-state index in [-0.39, 0.29) is 18.0 Å². The highest BCUT2D eigenvalue weighted by atomic mass is 16.2. The van der Waals surface area contributed by atoms with Crippen molar-refractivity contribution in [2.24, 2.45) is 5.92 Å². The Morgan fingerprint density at radius 3 is 2.60 bits per heavy atom. The first-order chi connectivity index (χ1) is 14.7. The summed E-state index contributed by atoms with van der Waals surface area (Å²) in [6, 6.07) is 26.4. The topological polar surface area (TPSA) is 32.3 Å². The SMILES string of the molecule is CC(c1cccc2ccccc12)C(Cc1ccccc1)N1CCC2CCNC(=O)C21. The van der Waals surface area contributed by atoms with Crippen molar-refractivity contribution in [1.82, 2.24) is 10.2 Å². The van der Waals surface area contributed by atoms with Crippen LogP contribution in [0, 0.1) is 5.92 Å². The molecule has 0 bridgehead atoms. The Balaban J connectivity index is 1.55. The minimum atomic E-state index is 0.0184. The fourth-order valence-corrected chi connectivity index (χ4v) is 5.70. The molecule has 30 heavy (non-hydrogen) atoms. The molecule has 3 aromatic carbocycles. The highest BCUT2D eigenvalue weighted by molar-refractivity contribution is 5.86. The van der Waals surface area contributed by atoms with Gasteiger partial charge in [0, 0.05) is 12.6 Å². The molecule has 2 fully saturated rings. The summed E-state index contributed by atoms with van der Waals surface area (Å²) in [7, 11) is 0. The highest BCUT2D eigenvalue weighted by Gasteiger charge is 2.45. The van der Waals surface area contributed by atoms with Crippen molar-refractivity contribution in [2.45, 2.75) is 44.2 Å². The predicted octanol–water partition coefficient (Wildman–Crippen LogP) is 4.77. The number of hydrogen-bond acceptors (Lipinski definition) is 2. The number of carbonyl (C=O) groups excluding carboxylic acids is 1. The van der Waals surface area contributed by atoms with Crippen molar-refractivity contribution in [1.29, 1.82) is 0 Å². The van der Waals surface area contributed by atoms with Gasteiger partial charge in [0.1, 0.15) is 0 Å². The summed E-state index contributed by atoms with van der Waals surface area (Å²) in [4.78, 5) is 15.4. The first kappa shape index (κ1) is 19.3. The number of amides is 1. The summed E-state index contributed by atoms with van der Waals surface area (Å²) in [5.74, 6) is 1.05. The maximum Gasteiger partial charge on any atom is 0.237 e. The van der Waals surface area contributed by atoms with Gasteiger partial charge in [-0.15, -0.1) is 0 Å². The molecular formula is C27H30N2O. The van der Waals surface area contributed by atoms with Gasteiger partial charge in [0.25, 0.3) is 0 Å². The van der Waals surface area contributed by atoms with Gasteiger partial charge in [0.15, 0.2) is 0 Å². The molecule has 0 radical (unpaired) electrons. The third-order valence-electron chi connectivity index (χ3n) is 7.25. The predicted molar refractivity (Wildman–Crippen MR) is 123 cm³/mol. The van der Waals surface area contributed by atoms with Crippen molar-refractivity contribution in [3.8, 4) is 0 Å². The molecule has 4 atom stereocenters. The van der Waals surface area contributed by atoms with Crippen molar-refractivity contribution in [3.63, 3.8) is 0 Å². The van der Waals surface area contributed by atoms with Crippen molar-refractivity contribution < 1.29 is 4.79 Å². The normalized spacial score (nSPS) is 23.7. The van der Waals surface area contributed by atoms with E-state index in [0.29, 0.717) is 11.8 Å². The van der Waals surface area contributed by atoms with Crippen LogP contribution in [-0.2, 0) is 11.2 Å². The molecule has 5 rings (SSSR count). The summed E-state index contributed by atoms with van der Waals surface area (Å²) in [6.07, 6.45) is 3.20. The Labute approximate surface area is 179 Å². The van der Waals surface area contributed by atoms with Gasteiger partial charge in [-0.3, -0.25) is 9.69 Å². The van der Waals surface area contributed by atoms with Gasteiger partial charge < -0.3 is 5.32 Å². The molecule has 0 spiro atoms. The van der Waals surface area contributed by atoms with Gasteiger partial charge >= 0.3 is 0 Å². The van der Waals surface area contributed by atoms with E-state index in [1.807, 2.05) is 0 Å². The second-order valence-electron chi connectivity index (χ2n) is 8.93. The number of rotatable bonds is 5. The molecule has 3 aromatic rings. The van der Waals surface area contributed by atoms with Crippen LogP contribution >= 0.6 is 0 Å². The van der Waals surface area contributed by atoms with E-state index in [1.54, 1.807) is 0 Å². The van der Waals surface area contributed by atoms with E-state index < -0.39 is 0 Å². The fraction of sp³-hybridized carbons (Fsp3) is 0.370. The fourth-order valence-electron chi connectivity index (χ4n) is 5.70. The number of benzene rings is 3. The third kappa shape index (κ3) is 3.52. The number of piperidine rings is 1. The summed E-state index contributed by atoms with van der Waals surface area (Å²) in [5.41, 5.74) is 2.72. The molecule has 4 unspecified atom stereocenters. The molecule has 3 nitrogen and oxygen atoms in total. The average Bonchev–Trinajstić information content (AvgIpc) is 3.23. The van der Waals surface area contributed by atoms with Crippen LogP contribution in [0.3, 0.4) is 0 Å². The quantitative estimate of drug-likeness (QED) is 0.672. The average molecular weight is 399 g/mol. The lowest BCUT2D eigenvalue weighted by atomic mass is 9.84. The molecule has 2 aliphatic heterocycles. The van der Waals surface area contributed by atoms with E-state index in [0.717, 1.165) is 32.4 Å². The maximum absolute atomic E-state index is 12.9. The van der Waals surface area contributed by atoms with E-state index >= 15 is 0 Å². The minimum Gasteiger partial charge on any atom is -0.355 e. The summed E-state index contributed by atoms with van der Waals surface area (Å²) < 4.78 is 0. The van der Waals surface area contributed by atoms with Gasteiger partial charge in [0.2, 0.25) is 5.91 Å². The molecule has 2 saturated heterocycles. The first-order valence-corrected chi connectivity index (χ1v) is 11.3. The molecule has 0 aromatic heterocycles. The molecule has 2 aliphatic rings. The lowest BCUT2D eigenvalue weighted by molar-refractivity contribution is -0.129. The summed E-state index contributed by atoms with van der Waals surface area (Å²) in [6.45, 7) is 4.19. The van der Waals surface area contributed by atoms with E-state index in [1.165, 1.54) is 21.9 Å². The molecule has 0 aliphatic carbocycles. The molecule has 1 amide bonds. The maximum atomic E-state index is 12.9. The molecular weight excluding hydrogens is 368 g/mol. The van der Waals surface area contributed by atoms with Crippen molar-refractivity contribution >= 4 is 16.7 Å². The number of nitrogens with one attached hydrogen (secondary N) is 1. The molecule has 3 heteroatoms. The zero-order valence-corrected chi connectivity index (χ0v) is 17.6. The Kier molecular flexibility index (Phi) is 5.30. The van der Waals surface area contributed by atoms with Crippen LogP contribution in [0.5, 0.6) is 0 Å². The lowest BCUT2D eigenvalue weighted by Gasteiger charge is -2.39. The van der Waals surface area contributed by atoms with Crippen LogP contribution in [0.1, 0.15) is 36.8 Å². The zero-order valence-electron chi connectivity index (χ0n) is 17.6. The Bertz CT molecular complexity index is 1030. The van der Waals surface area contributed by atoms with E-state index in [4.69, 9.17) is 0 Å². The number of likely N-dealkylation sites (tertiary alicyclic amines) is 1. The van der Waals surface area contributed by atoms with Crippen LogP contribution in [0.15, 0.2) is 72.8 Å². The standard InChI is InChI=1S/C27H30N2O/c1-19(23-13-7-11-21-10-5-6-12-24(21)23)25(18-20-8-3-2-4-9-20)29-17-15-22-14-16-28-27(30)26(22)29/h2-13,19,22,25-26H,14-18H2,1H3,(H,28,30). The monoisotopic (exact) mass is 398 g/mol. The van der Waals surface area contributed by atoms with Crippen molar-refractivity contribution in [2.75, 3.05) is 13.1 Å². The molecule has 1 N–H and O–H groups in total. The van der Waals surface area contributed by atoms with Gasteiger partial charge in [-0.1, -0.05) is 79.7 Å². The lowest BCUT2D eigenvalue weighted by Crippen LogP contribution is -2.54. The van der Waals surface area contributed by atoms with Gasteiger partial charge in [-0.05, 0) is 59.5 Å². The smallest absolute Gasteiger partial charge is 0.237 e. The number of carbonyl (C=O) groups is 1. The Hall–Kier alpha value is -2.65. The van der Waals surface area contributed by atoms with E-state index in [2.05, 4.69) is 89.9 Å². The summed E-state index contributed by atoms with van der Waals surface area (Å²) in [5, 5.41) is 5.75. The second kappa shape index (κ2) is 8.23. The van der Waals surface area contributed by atoms with Crippen LogP contribution in [0.25, 0.3) is 10.8 Å². The van der Waals surface area contributed by atoms with E-state index in [9.17, 15) is 4.79 Å². The minimum absolute atomic E-state index is 0.0184. The Morgan fingerprint density at radius 1 is 0.967 bits per heavy atom. The molecule has 154 valence electrons. The van der Waals surface area contributed by atoms with Crippen LogP contribution < -0.4 is 5.32 Å². The largest absolute Gasteiger partial charge is 0.355 e. The Morgan fingerprint density at radius 2 is 1.73 bits per heavy atom. The zero-order chi connectivity index (χ0) is 20.5. The number of fused-ring (bicyclic) bond motifs is 2. The number of hydrogen-bond donors (Lipinski definition) is 1. The van der Waals surface area contributed by atoms with Gasteiger partial charge in [-0.2, -0.15) is 0 Å². The highest BCUT2D eigenvalue weighted by Crippen LogP contribution is 2.38. The molecule has 0 saturated carbocycles. The van der Waals surface area contributed by atoms with Crippen molar-refractivity contribution in [3.05, 3.63) is 83.9 Å². The summed E-state index contributed by atoms with van der Waals surface area (Å²) >= 11 is 0. The molecule has 2 heterocycles. The van der Waals surface area contributed by atoms with Gasteiger partial charge in [-0.25, -0.2) is 0 Å².